The largest absolute Gasteiger partial charge is 0.481 e. The Kier molecular flexibility index (Phi) is 4.16. The quantitative estimate of drug-likeness (QED) is 0.742. The Hall–Kier alpha value is -2.66. The molecule has 110 valence electrons. The van der Waals surface area contributed by atoms with E-state index in [0.717, 1.165) is 21.8 Å². The van der Waals surface area contributed by atoms with E-state index in [1.54, 1.807) is 0 Å². The molecular weight excluding hydrogens is 296 g/mol. The second kappa shape index (κ2) is 6.41. The van der Waals surface area contributed by atoms with Crippen molar-refractivity contribution in [3.8, 4) is 11.3 Å². The zero-order valence-corrected chi connectivity index (χ0v) is 12.5. The third kappa shape index (κ3) is 3.32. The molecule has 2 aromatic carbocycles. The van der Waals surface area contributed by atoms with Gasteiger partial charge in [-0.2, -0.15) is 0 Å². The Morgan fingerprint density at radius 2 is 1.68 bits per heavy atom. The third-order valence-corrected chi connectivity index (χ3v) is 4.05. The molecule has 0 bridgehead atoms. The van der Waals surface area contributed by atoms with E-state index in [2.05, 4.69) is 10.3 Å². The molecule has 1 aromatic heterocycles. The van der Waals surface area contributed by atoms with Crippen LogP contribution in [-0.4, -0.2) is 16.1 Å². The molecule has 0 radical (unpaired) electrons. The fraction of sp³-hybridized carbons (Fsp3) is 0.0588. The Bertz CT molecular complexity index is 770. The molecule has 0 saturated carbocycles. The molecule has 5 heteroatoms. The average molecular weight is 310 g/mol. The van der Waals surface area contributed by atoms with Gasteiger partial charge in [-0.1, -0.05) is 48.5 Å². The molecular formula is C17H14N2O2S. The van der Waals surface area contributed by atoms with Gasteiger partial charge in [0.1, 0.15) is 0 Å². The maximum atomic E-state index is 11.1. The minimum absolute atomic E-state index is 0.0294. The van der Waals surface area contributed by atoms with Crippen molar-refractivity contribution in [1.29, 1.82) is 0 Å². The lowest BCUT2D eigenvalue weighted by Crippen LogP contribution is -1.99. The fourth-order valence-electron chi connectivity index (χ4n) is 2.13. The highest BCUT2D eigenvalue weighted by Crippen LogP contribution is 2.33. The first-order valence-electron chi connectivity index (χ1n) is 6.81. The van der Waals surface area contributed by atoms with Crippen LogP contribution < -0.4 is 5.32 Å². The number of carboxylic acids is 1. The summed E-state index contributed by atoms with van der Waals surface area (Å²) >= 11 is 1.37. The predicted molar refractivity (Wildman–Crippen MR) is 88.6 cm³/mol. The van der Waals surface area contributed by atoms with Crippen molar-refractivity contribution in [3.63, 3.8) is 0 Å². The number of hydrogen-bond donors (Lipinski definition) is 2. The van der Waals surface area contributed by atoms with Crippen LogP contribution in [0.2, 0.25) is 0 Å². The molecule has 3 rings (SSSR count). The monoisotopic (exact) mass is 310 g/mol. The topological polar surface area (TPSA) is 62.2 Å². The van der Waals surface area contributed by atoms with Crippen LogP contribution >= 0.6 is 11.3 Å². The molecule has 0 unspecified atom stereocenters. The van der Waals surface area contributed by atoms with E-state index < -0.39 is 5.97 Å². The summed E-state index contributed by atoms with van der Waals surface area (Å²) in [7, 11) is 0. The number of hydrogen-bond acceptors (Lipinski definition) is 4. The molecule has 0 amide bonds. The molecule has 1 heterocycles. The van der Waals surface area contributed by atoms with Crippen LogP contribution in [0.3, 0.4) is 0 Å². The smallest absolute Gasteiger partial charge is 0.308 e. The summed E-state index contributed by atoms with van der Waals surface area (Å²) in [6, 6.07) is 19.3. The van der Waals surface area contributed by atoms with Gasteiger partial charge in [-0.05, 0) is 12.1 Å². The summed E-state index contributed by atoms with van der Waals surface area (Å²) in [6.45, 7) is 0. The lowest BCUT2D eigenvalue weighted by atomic mass is 10.1. The molecule has 0 atom stereocenters. The molecule has 0 fully saturated rings. The first kappa shape index (κ1) is 14.3. The number of aliphatic carboxylic acids is 1. The molecule has 0 aliphatic carbocycles. The number of nitrogens with zero attached hydrogens (tertiary/aromatic N) is 1. The minimum atomic E-state index is -0.855. The third-order valence-electron chi connectivity index (χ3n) is 3.08. The van der Waals surface area contributed by atoms with E-state index in [1.807, 2.05) is 60.7 Å². The first-order valence-corrected chi connectivity index (χ1v) is 7.63. The van der Waals surface area contributed by atoms with Crippen molar-refractivity contribution in [2.45, 2.75) is 6.42 Å². The summed E-state index contributed by atoms with van der Waals surface area (Å²) < 4.78 is 0. The summed E-state index contributed by atoms with van der Waals surface area (Å²) in [5, 5.41) is 13.0. The van der Waals surface area contributed by atoms with Gasteiger partial charge < -0.3 is 10.4 Å². The van der Waals surface area contributed by atoms with E-state index in [-0.39, 0.29) is 6.42 Å². The van der Waals surface area contributed by atoms with Crippen molar-refractivity contribution < 1.29 is 9.90 Å². The Labute approximate surface area is 132 Å². The predicted octanol–water partition coefficient (Wildman–Crippen LogP) is 4.18. The number of nitrogens with one attached hydrogen (secondary N) is 1. The summed E-state index contributed by atoms with van der Waals surface area (Å²) in [5.74, 6) is -0.855. The van der Waals surface area contributed by atoms with Crippen LogP contribution in [0, 0.1) is 0 Å². The standard InChI is InChI=1S/C17H14N2O2S/c20-15(21)11-14-16(12-7-3-1-4-8-12)19-17(22-14)18-13-9-5-2-6-10-13/h1-10H,11H2,(H,18,19)(H,20,21). The highest BCUT2D eigenvalue weighted by molar-refractivity contribution is 7.16. The Morgan fingerprint density at radius 1 is 1.05 bits per heavy atom. The number of aromatic nitrogens is 1. The van der Waals surface area contributed by atoms with E-state index in [4.69, 9.17) is 5.11 Å². The van der Waals surface area contributed by atoms with Gasteiger partial charge in [0.15, 0.2) is 5.13 Å². The Morgan fingerprint density at radius 3 is 2.32 bits per heavy atom. The maximum Gasteiger partial charge on any atom is 0.308 e. The van der Waals surface area contributed by atoms with Crippen molar-refractivity contribution in [2.75, 3.05) is 5.32 Å². The minimum Gasteiger partial charge on any atom is -0.481 e. The van der Waals surface area contributed by atoms with Gasteiger partial charge in [0.25, 0.3) is 0 Å². The van der Waals surface area contributed by atoms with E-state index >= 15 is 0 Å². The zero-order chi connectivity index (χ0) is 15.4. The highest BCUT2D eigenvalue weighted by atomic mass is 32.1. The summed E-state index contributed by atoms with van der Waals surface area (Å²) in [5.41, 5.74) is 2.58. The van der Waals surface area contributed by atoms with Crippen LogP contribution in [0.5, 0.6) is 0 Å². The molecule has 0 saturated heterocycles. The van der Waals surface area contributed by atoms with E-state index in [0.29, 0.717) is 5.13 Å². The summed E-state index contributed by atoms with van der Waals surface area (Å²) in [6.07, 6.45) is -0.0294. The van der Waals surface area contributed by atoms with E-state index in [9.17, 15) is 4.79 Å². The van der Waals surface area contributed by atoms with Crippen molar-refractivity contribution in [3.05, 3.63) is 65.5 Å². The number of carboxylic acid groups (broad SMARTS) is 1. The van der Waals surface area contributed by atoms with Crippen LogP contribution in [0.25, 0.3) is 11.3 Å². The number of para-hydroxylation sites is 1. The Balaban J connectivity index is 1.96. The normalized spacial score (nSPS) is 10.4. The van der Waals surface area contributed by atoms with Gasteiger partial charge in [0.2, 0.25) is 0 Å². The molecule has 3 aromatic rings. The number of rotatable bonds is 5. The fourth-order valence-corrected chi connectivity index (χ4v) is 3.12. The lowest BCUT2D eigenvalue weighted by Gasteiger charge is -2.00. The zero-order valence-electron chi connectivity index (χ0n) is 11.7. The second-order valence-electron chi connectivity index (χ2n) is 4.72. The van der Waals surface area contributed by atoms with Crippen LogP contribution in [0.1, 0.15) is 4.88 Å². The molecule has 2 N–H and O–H groups in total. The second-order valence-corrected chi connectivity index (χ2v) is 5.80. The maximum absolute atomic E-state index is 11.1. The lowest BCUT2D eigenvalue weighted by molar-refractivity contribution is -0.136. The molecule has 0 aliphatic heterocycles. The van der Waals surface area contributed by atoms with Crippen molar-refractivity contribution >= 4 is 28.1 Å². The SMILES string of the molecule is O=C(O)Cc1sc(Nc2ccccc2)nc1-c1ccccc1. The number of thiazole rings is 1. The number of benzene rings is 2. The van der Waals surface area contributed by atoms with Crippen LogP contribution in [0.4, 0.5) is 10.8 Å². The number of anilines is 2. The van der Waals surface area contributed by atoms with Crippen molar-refractivity contribution in [2.24, 2.45) is 0 Å². The van der Waals surface area contributed by atoms with Gasteiger partial charge in [-0.25, -0.2) is 4.98 Å². The number of carbonyl (C=O) groups is 1. The van der Waals surface area contributed by atoms with Gasteiger partial charge in [0, 0.05) is 16.1 Å². The van der Waals surface area contributed by atoms with Crippen LogP contribution in [0.15, 0.2) is 60.7 Å². The van der Waals surface area contributed by atoms with Gasteiger partial charge >= 0.3 is 5.97 Å². The average Bonchev–Trinajstić information content (AvgIpc) is 2.91. The van der Waals surface area contributed by atoms with Gasteiger partial charge in [-0.15, -0.1) is 11.3 Å². The summed E-state index contributed by atoms with van der Waals surface area (Å²) in [4.78, 5) is 16.4. The van der Waals surface area contributed by atoms with Gasteiger partial charge in [-0.3, -0.25) is 4.79 Å². The highest BCUT2D eigenvalue weighted by Gasteiger charge is 2.15. The molecule has 22 heavy (non-hydrogen) atoms. The van der Waals surface area contributed by atoms with E-state index in [1.165, 1.54) is 11.3 Å². The molecule has 0 spiro atoms. The van der Waals surface area contributed by atoms with Gasteiger partial charge in [0.05, 0.1) is 12.1 Å². The van der Waals surface area contributed by atoms with Crippen LogP contribution in [-0.2, 0) is 11.2 Å². The molecule has 4 nitrogen and oxygen atoms in total. The molecule has 0 aliphatic rings. The van der Waals surface area contributed by atoms with Crippen molar-refractivity contribution in [1.82, 2.24) is 4.98 Å². The first-order chi connectivity index (χ1) is 10.7.